The Morgan fingerprint density at radius 1 is 1.35 bits per heavy atom. The number of nitrogens with one attached hydrogen (secondary N) is 1. The minimum atomic E-state index is -4.57. The second kappa shape index (κ2) is 6.15. The van der Waals surface area contributed by atoms with E-state index in [0.717, 1.165) is 12.1 Å². The number of carbonyl (C=O) groups is 1. The third-order valence-corrected chi connectivity index (χ3v) is 3.18. The monoisotopic (exact) mass is 288 g/mol. The molecule has 3 nitrogen and oxygen atoms in total. The lowest BCUT2D eigenvalue weighted by molar-refractivity contribution is -0.136. The highest BCUT2D eigenvalue weighted by atomic mass is 19.4. The number of alkyl halides is 3. The predicted molar refractivity (Wildman–Crippen MR) is 72.2 cm³/mol. The number of nitrogen functional groups attached to an aromatic ring is 1. The van der Waals surface area contributed by atoms with Crippen molar-refractivity contribution in [2.24, 2.45) is 5.92 Å². The van der Waals surface area contributed by atoms with E-state index in [-0.39, 0.29) is 23.2 Å². The van der Waals surface area contributed by atoms with Crippen LogP contribution in [0.1, 0.15) is 43.1 Å². The lowest BCUT2D eigenvalue weighted by atomic mass is 10.0. The Kier molecular flexibility index (Phi) is 5.03. The smallest absolute Gasteiger partial charge is 0.398 e. The maximum atomic E-state index is 12.7. The van der Waals surface area contributed by atoms with E-state index in [9.17, 15) is 18.0 Å². The molecule has 0 aliphatic heterocycles. The van der Waals surface area contributed by atoms with Crippen molar-refractivity contribution in [1.82, 2.24) is 5.32 Å². The molecular formula is C14H19F3N2O. The molecule has 1 rings (SSSR count). The van der Waals surface area contributed by atoms with E-state index in [0.29, 0.717) is 6.42 Å². The summed E-state index contributed by atoms with van der Waals surface area (Å²) in [5.41, 5.74) is 3.90. The average Bonchev–Trinajstić information content (AvgIpc) is 2.34. The zero-order chi connectivity index (χ0) is 15.5. The van der Waals surface area contributed by atoms with Crippen LogP contribution in [-0.4, -0.2) is 11.9 Å². The van der Waals surface area contributed by atoms with Crippen LogP contribution in [0.5, 0.6) is 0 Å². The Morgan fingerprint density at radius 2 is 1.95 bits per heavy atom. The molecule has 112 valence electrons. The molecule has 1 atom stereocenters. The molecule has 1 unspecified atom stereocenters. The van der Waals surface area contributed by atoms with Gasteiger partial charge >= 0.3 is 6.18 Å². The third-order valence-electron chi connectivity index (χ3n) is 3.18. The van der Waals surface area contributed by atoms with Gasteiger partial charge in [-0.3, -0.25) is 4.79 Å². The molecule has 1 aromatic carbocycles. The van der Waals surface area contributed by atoms with Crippen LogP contribution in [0.25, 0.3) is 0 Å². The van der Waals surface area contributed by atoms with Crippen LogP contribution < -0.4 is 11.1 Å². The second-order valence-corrected chi connectivity index (χ2v) is 5.03. The minimum absolute atomic E-state index is 0.0365. The maximum absolute atomic E-state index is 12.7. The summed E-state index contributed by atoms with van der Waals surface area (Å²) in [6.45, 7) is 5.80. The van der Waals surface area contributed by atoms with Crippen LogP contribution in [0.4, 0.5) is 18.9 Å². The molecule has 0 radical (unpaired) electrons. The van der Waals surface area contributed by atoms with Crippen LogP contribution in [0.2, 0.25) is 0 Å². The Labute approximate surface area is 116 Å². The molecule has 0 spiro atoms. The molecule has 0 heterocycles. The van der Waals surface area contributed by atoms with Gasteiger partial charge in [-0.05, 0) is 30.5 Å². The van der Waals surface area contributed by atoms with Gasteiger partial charge in [0.25, 0.3) is 5.91 Å². The number of nitrogens with two attached hydrogens (primary N) is 1. The van der Waals surface area contributed by atoms with Gasteiger partial charge in [0.15, 0.2) is 0 Å². The van der Waals surface area contributed by atoms with Gasteiger partial charge in [0.1, 0.15) is 0 Å². The first-order valence-corrected chi connectivity index (χ1v) is 6.44. The number of benzene rings is 1. The van der Waals surface area contributed by atoms with Gasteiger partial charge in [0.2, 0.25) is 0 Å². The molecule has 1 aromatic rings. The minimum Gasteiger partial charge on any atom is -0.398 e. The summed E-state index contributed by atoms with van der Waals surface area (Å²) in [6, 6.07) is 3.12. The van der Waals surface area contributed by atoms with Gasteiger partial charge in [0, 0.05) is 17.3 Å². The fourth-order valence-corrected chi connectivity index (χ4v) is 1.93. The summed E-state index contributed by atoms with van der Waals surface area (Å²) >= 11 is 0. The van der Waals surface area contributed by atoms with E-state index in [4.69, 9.17) is 5.73 Å². The molecule has 0 aromatic heterocycles. The van der Waals surface area contributed by atoms with Crippen LogP contribution >= 0.6 is 0 Å². The van der Waals surface area contributed by atoms with Crippen molar-refractivity contribution < 1.29 is 18.0 Å². The predicted octanol–water partition coefficient (Wildman–Crippen LogP) is 3.45. The summed E-state index contributed by atoms with van der Waals surface area (Å²) in [4.78, 5) is 12.0. The Morgan fingerprint density at radius 3 is 2.40 bits per heavy atom. The van der Waals surface area contributed by atoms with E-state index in [1.54, 1.807) is 0 Å². The molecule has 6 heteroatoms. The van der Waals surface area contributed by atoms with E-state index >= 15 is 0 Å². The molecular weight excluding hydrogens is 269 g/mol. The standard InChI is InChI=1S/C14H19F3N2O/c1-4-12(8(2)3)19-13(20)9-5-6-11(18)10(7-9)14(15,16)17/h5-8,12H,4,18H2,1-3H3,(H,19,20). The van der Waals surface area contributed by atoms with Crippen molar-refractivity contribution in [3.05, 3.63) is 29.3 Å². The van der Waals surface area contributed by atoms with E-state index in [1.807, 2.05) is 20.8 Å². The van der Waals surface area contributed by atoms with Gasteiger partial charge in [0.05, 0.1) is 5.56 Å². The number of halogens is 3. The molecule has 20 heavy (non-hydrogen) atoms. The normalized spacial score (nSPS) is 13.3. The molecule has 1 amide bonds. The highest BCUT2D eigenvalue weighted by Gasteiger charge is 2.33. The fraction of sp³-hybridized carbons (Fsp3) is 0.500. The van der Waals surface area contributed by atoms with Crippen LogP contribution in [0, 0.1) is 5.92 Å². The molecule has 0 saturated carbocycles. The highest BCUT2D eigenvalue weighted by molar-refractivity contribution is 5.95. The number of anilines is 1. The van der Waals surface area contributed by atoms with Gasteiger partial charge in [-0.2, -0.15) is 13.2 Å². The quantitative estimate of drug-likeness (QED) is 0.834. The SMILES string of the molecule is CCC(NC(=O)c1ccc(N)c(C(F)(F)F)c1)C(C)C. The second-order valence-electron chi connectivity index (χ2n) is 5.03. The first-order valence-electron chi connectivity index (χ1n) is 6.44. The molecule has 0 saturated heterocycles. The van der Waals surface area contributed by atoms with E-state index in [1.165, 1.54) is 6.07 Å². The third kappa shape index (κ3) is 3.88. The van der Waals surface area contributed by atoms with Gasteiger partial charge < -0.3 is 11.1 Å². The first-order chi connectivity index (χ1) is 9.16. The molecule has 3 N–H and O–H groups in total. The van der Waals surface area contributed by atoms with E-state index < -0.39 is 17.6 Å². The summed E-state index contributed by atoms with van der Waals surface area (Å²) in [6.07, 6.45) is -3.85. The summed E-state index contributed by atoms with van der Waals surface area (Å²) in [5, 5.41) is 2.73. The first kappa shape index (κ1) is 16.3. The highest BCUT2D eigenvalue weighted by Crippen LogP contribution is 2.34. The Bertz CT molecular complexity index is 484. The lowest BCUT2D eigenvalue weighted by Crippen LogP contribution is -2.38. The summed E-state index contributed by atoms with van der Waals surface area (Å²) < 4.78 is 38.2. The fourth-order valence-electron chi connectivity index (χ4n) is 1.93. The zero-order valence-electron chi connectivity index (χ0n) is 11.7. The molecule has 0 aliphatic rings. The number of rotatable bonds is 4. The average molecular weight is 288 g/mol. The molecule has 0 aliphatic carbocycles. The summed E-state index contributed by atoms with van der Waals surface area (Å²) in [5.74, 6) is -0.309. The van der Waals surface area contributed by atoms with Gasteiger partial charge in [-0.25, -0.2) is 0 Å². The topological polar surface area (TPSA) is 55.1 Å². The molecule has 0 fully saturated rings. The molecule has 0 bridgehead atoms. The van der Waals surface area contributed by atoms with Crippen molar-refractivity contribution in [1.29, 1.82) is 0 Å². The van der Waals surface area contributed by atoms with Crippen molar-refractivity contribution in [2.45, 2.75) is 39.4 Å². The largest absolute Gasteiger partial charge is 0.418 e. The Balaban J connectivity index is 3.00. The number of amides is 1. The van der Waals surface area contributed by atoms with Crippen molar-refractivity contribution >= 4 is 11.6 Å². The number of hydrogen-bond acceptors (Lipinski definition) is 2. The van der Waals surface area contributed by atoms with Crippen molar-refractivity contribution in [3.8, 4) is 0 Å². The number of hydrogen-bond donors (Lipinski definition) is 2. The maximum Gasteiger partial charge on any atom is 0.418 e. The van der Waals surface area contributed by atoms with Gasteiger partial charge in [-0.1, -0.05) is 20.8 Å². The lowest BCUT2D eigenvalue weighted by Gasteiger charge is -2.21. The van der Waals surface area contributed by atoms with Crippen LogP contribution in [-0.2, 0) is 6.18 Å². The van der Waals surface area contributed by atoms with E-state index in [2.05, 4.69) is 5.32 Å². The summed E-state index contributed by atoms with van der Waals surface area (Å²) in [7, 11) is 0. The van der Waals surface area contributed by atoms with Crippen molar-refractivity contribution in [2.75, 3.05) is 5.73 Å². The number of carbonyl (C=O) groups excluding carboxylic acids is 1. The Hall–Kier alpha value is -1.72. The van der Waals surface area contributed by atoms with Gasteiger partial charge in [-0.15, -0.1) is 0 Å². The zero-order valence-corrected chi connectivity index (χ0v) is 11.7. The van der Waals surface area contributed by atoms with Crippen LogP contribution in [0.15, 0.2) is 18.2 Å². The van der Waals surface area contributed by atoms with Crippen molar-refractivity contribution in [3.63, 3.8) is 0 Å². The van der Waals surface area contributed by atoms with Crippen LogP contribution in [0.3, 0.4) is 0 Å².